The lowest BCUT2D eigenvalue weighted by atomic mass is 9.84. The highest BCUT2D eigenvalue weighted by Gasteiger charge is 2.31. The number of nitrogens with one attached hydrogen (secondary N) is 1. The first kappa shape index (κ1) is 16.8. The summed E-state index contributed by atoms with van der Waals surface area (Å²) in [5.41, 5.74) is 0. The van der Waals surface area contributed by atoms with Crippen molar-refractivity contribution in [2.45, 2.75) is 26.2 Å². The summed E-state index contributed by atoms with van der Waals surface area (Å²) in [6, 6.07) is 7.67. The second-order valence-corrected chi connectivity index (χ2v) is 6.94. The molecule has 0 unspecified atom stereocenters. The van der Waals surface area contributed by atoms with Crippen molar-refractivity contribution in [1.29, 1.82) is 0 Å². The van der Waals surface area contributed by atoms with Crippen LogP contribution < -0.4 is 10.2 Å². The van der Waals surface area contributed by atoms with E-state index in [2.05, 4.69) is 25.2 Å². The van der Waals surface area contributed by atoms with Crippen molar-refractivity contribution in [3.8, 4) is 0 Å². The molecule has 0 spiro atoms. The zero-order valence-corrected chi connectivity index (χ0v) is 15.1. The van der Waals surface area contributed by atoms with Crippen molar-refractivity contribution in [3.05, 3.63) is 36.3 Å². The molecular formula is C19H24N6O. The molecule has 1 aliphatic carbocycles. The van der Waals surface area contributed by atoms with Crippen LogP contribution in [0.2, 0.25) is 0 Å². The lowest BCUT2D eigenvalue weighted by Gasteiger charge is -2.38. The van der Waals surface area contributed by atoms with Crippen molar-refractivity contribution >= 4 is 23.4 Å². The third-order valence-corrected chi connectivity index (χ3v) is 5.12. The Bertz CT molecular complexity index is 769. The Morgan fingerprint density at radius 1 is 1.12 bits per heavy atom. The molecule has 2 aromatic heterocycles. The summed E-state index contributed by atoms with van der Waals surface area (Å²) in [7, 11) is 0. The number of pyridine rings is 1. The summed E-state index contributed by atoms with van der Waals surface area (Å²) in [6.45, 7) is 5.03. The molecule has 0 aromatic carbocycles. The quantitative estimate of drug-likeness (QED) is 0.911. The van der Waals surface area contributed by atoms with Gasteiger partial charge in [0.1, 0.15) is 23.3 Å². The first-order valence-electron chi connectivity index (χ1n) is 9.26. The number of carbonyl (C=O) groups is 1. The van der Waals surface area contributed by atoms with E-state index in [0.29, 0.717) is 11.7 Å². The fourth-order valence-corrected chi connectivity index (χ4v) is 3.42. The third kappa shape index (κ3) is 3.61. The molecule has 2 aliphatic rings. The molecule has 7 heteroatoms. The average molecular weight is 352 g/mol. The molecule has 0 atom stereocenters. The van der Waals surface area contributed by atoms with Crippen molar-refractivity contribution < 1.29 is 4.79 Å². The molecule has 4 rings (SSSR count). The van der Waals surface area contributed by atoms with Gasteiger partial charge >= 0.3 is 0 Å². The van der Waals surface area contributed by atoms with E-state index in [1.165, 1.54) is 6.42 Å². The summed E-state index contributed by atoms with van der Waals surface area (Å²) in [6.07, 6.45) is 5.07. The van der Waals surface area contributed by atoms with Gasteiger partial charge < -0.3 is 15.1 Å². The van der Waals surface area contributed by atoms with E-state index in [1.807, 2.05) is 36.1 Å². The van der Waals surface area contributed by atoms with Gasteiger partial charge in [0, 0.05) is 44.4 Å². The minimum Gasteiger partial charge on any atom is -0.353 e. The van der Waals surface area contributed by atoms with Gasteiger partial charge in [0.15, 0.2) is 0 Å². The van der Waals surface area contributed by atoms with Crippen molar-refractivity contribution in [3.63, 3.8) is 0 Å². The second-order valence-electron chi connectivity index (χ2n) is 6.94. The number of aromatic nitrogens is 3. The van der Waals surface area contributed by atoms with Crippen LogP contribution in [-0.4, -0.2) is 51.9 Å². The Morgan fingerprint density at radius 3 is 2.58 bits per heavy atom. The van der Waals surface area contributed by atoms with Crippen LogP contribution in [-0.2, 0) is 4.79 Å². The highest BCUT2D eigenvalue weighted by atomic mass is 16.2. The smallest absolute Gasteiger partial charge is 0.225 e. The molecule has 2 fully saturated rings. The topological polar surface area (TPSA) is 74.2 Å². The Morgan fingerprint density at radius 2 is 1.92 bits per heavy atom. The van der Waals surface area contributed by atoms with Gasteiger partial charge in [0.25, 0.3) is 0 Å². The van der Waals surface area contributed by atoms with Crippen molar-refractivity contribution in [2.24, 2.45) is 5.92 Å². The molecule has 1 N–H and O–H groups in total. The maximum absolute atomic E-state index is 12.4. The molecule has 0 bridgehead atoms. The van der Waals surface area contributed by atoms with E-state index < -0.39 is 0 Å². The van der Waals surface area contributed by atoms with E-state index in [9.17, 15) is 4.79 Å². The van der Waals surface area contributed by atoms with Crippen LogP contribution in [0, 0.1) is 12.8 Å². The first-order valence-corrected chi connectivity index (χ1v) is 9.26. The number of hydrogen-bond acceptors (Lipinski definition) is 6. The number of aryl methyl sites for hydroxylation is 1. The molecule has 3 heterocycles. The fourth-order valence-electron chi connectivity index (χ4n) is 3.42. The predicted octanol–water partition coefficient (Wildman–Crippen LogP) is 2.37. The lowest BCUT2D eigenvalue weighted by Crippen LogP contribution is -2.51. The van der Waals surface area contributed by atoms with Gasteiger partial charge in [-0.2, -0.15) is 0 Å². The molecule has 136 valence electrons. The Balaban J connectivity index is 1.42. The van der Waals surface area contributed by atoms with Gasteiger partial charge in [-0.05, 0) is 31.9 Å². The van der Waals surface area contributed by atoms with E-state index in [4.69, 9.17) is 0 Å². The Labute approximate surface area is 153 Å². The van der Waals surface area contributed by atoms with Gasteiger partial charge in [-0.1, -0.05) is 12.5 Å². The molecule has 1 aliphatic heterocycles. The number of anilines is 3. The number of nitrogens with zero attached hydrogens (tertiary/aromatic N) is 5. The van der Waals surface area contributed by atoms with Gasteiger partial charge in [-0.3, -0.25) is 4.79 Å². The van der Waals surface area contributed by atoms with E-state index in [0.717, 1.165) is 56.5 Å². The average Bonchev–Trinajstić information content (AvgIpc) is 2.61. The lowest BCUT2D eigenvalue weighted by molar-refractivity contribution is -0.138. The van der Waals surface area contributed by atoms with Gasteiger partial charge in [-0.25, -0.2) is 15.0 Å². The minimum absolute atomic E-state index is 0.275. The van der Waals surface area contributed by atoms with Crippen LogP contribution >= 0.6 is 0 Å². The molecule has 2 aromatic rings. The molecule has 1 saturated heterocycles. The van der Waals surface area contributed by atoms with Crippen LogP contribution in [0.15, 0.2) is 30.5 Å². The van der Waals surface area contributed by atoms with Crippen LogP contribution in [0.25, 0.3) is 0 Å². The molecule has 26 heavy (non-hydrogen) atoms. The molecular weight excluding hydrogens is 328 g/mol. The Kier molecular flexibility index (Phi) is 4.69. The molecule has 7 nitrogen and oxygen atoms in total. The van der Waals surface area contributed by atoms with Crippen molar-refractivity contribution in [2.75, 3.05) is 36.4 Å². The predicted molar refractivity (Wildman–Crippen MR) is 100 cm³/mol. The highest BCUT2D eigenvalue weighted by Crippen LogP contribution is 2.29. The Hall–Kier alpha value is -2.70. The highest BCUT2D eigenvalue weighted by molar-refractivity contribution is 5.79. The maximum atomic E-state index is 12.4. The maximum Gasteiger partial charge on any atom is 0.225 e. The van der Waals surface area contributed by atoms with E-state index in [1.54, 1.807) is 6.20 Å². The zero-order chi connectivity index (χ0) is 17.9. The summed E-state index contributed by atoms with van der Waals surface area (Å²) in [4.78, 5) is 30.0. The van der Waals surface area contributed by atoms with E-state index >= 15 is 0 Å². The van der Waals surface area contributed by atoms with Gasteiger partial charge in [0.2, 0.25) is 5.91 Å². The van der Waals surface area contributed by atoms with Crippen molar-refractivity contribution in [1.82, 2.24) is 19.9 Å². The van der Waals surface area contributed by atoms with Crippen LogP contribution in [0.1, 0.15) is 25.1 Å². The SMILES string of the molecule is Cc1nc(Nc2ccccn2)cc(N2CCN(C(=O)C3CCC3)CC2)n1. The number of rotatable bonds is 4. The number of hydrogen-bond donors (Lipinski definition) is 1. The van der Waals surface area contributed by atoms with Gasteiger partial charge in [0.05, 0.1) is 0 Å². The summed E-state index contributed by atoms with van der Waals surface area (Å²) in [5, 5.41) is 3.23. The minimum atomic E-state index is 0.275. The number of amides is 1. The molecule has 1 saturated carbocycles. The van der Waals surface area contributed by atoms with Crippen LogP contribution in [0.4, 0.5) is 17.5 Å². The first-order chi connectivity index (χ1) is 12.7. The fraction of sp³-hybridized carbons (Fsp3) is 0.474. The standard InChI is InChI=1S/C19H24N6O/c1-14-21-17(23-16-7-2-3-8-20-16)13-18(22-14)24-9-11-25(12-10-24)19(26)15-5-4-6-15/h2-3,7-8,13,15H,4-6,9-12H2,1H3,(H,20,21,22,23). The monoisotopic (exact) mass is 352 g/mol. The number of piperazine rings is 1. The zero-order valence-electron chi connectivity index (χ0n) is 15.1. The summed E-state index contributed by atoms with van der Waals surface area (Å²) >= 11 is 0. The van der Waals surface area contributed by atoms with Crippen LogP contribution in [0.5, 0.6) is 0 Å². The second kappa shape index (κ2) is 7.27. The van der Waals surface area contributed by atoms with Gasteiger partial charge in [-0.15, -0.1) is 0 Å². The normalized spacial score (nSPS) is 17.7. The van der Waals surface area contributed by atoms with E-state index in [-0.39, 0.29) is 5.92 Å². The molecule has 1 amide bonds. The van der Waals surface area contributed by atoms with Crippen LogP contribution in [0.3, 0.4) is 0 Å². The summed E-state index contributed by atoms with van der Waals surface area (Å²) in [5.74, 6) is 3.72. The number of carbonyl (C=O) groups excluding carboxylic acids is 1. The third-order valence-electron chi connectivity index (χ3n) is 5.12. The molecule has 0 radical (unpaired) electrons. The summed E-state index contributed by atoms with van der Waals surface area (Å²) < 4.78 is 0. The largest absolute Gasteiger partial charge is 0.353 e.